The number of ether oxygens (including phenoxy) is 1. The molecule has 4 rings (SSSR count). The number of piperazine rings is 1. The second kappa shape index (κ2) is 10.5. The first kappa shape index (κ1) is 24.8. The lowest BCUT2D eigenvalue weighted by molar-refractivity contribution is -0.136. The number of halogens is 1. The minimum Gasteiger partial charge on any atom is -0.450 e. The molecule has 0 aliphatic carbocycles. The molecule has 9 heteroatoms. The molecule has 1 fully saturated rings. The van der Waals surface area contributed by atoms with Crippen molar-refractivity contribution in [2.75, 3.05) is 44.6 Å². The Morgan fingerprint density at radius 1 is 1.03 bits per heavy atom. The summed E-state index contributed by atoms with van der Waals surface area (Å²) in [6.45, 7) is 7.58. The van der Waals surface area contributed by atoms with Gasteiger partial charge in [0.25, 0.3) is 5.91 Å². The van der Waals surface area contributed by atoms with Gasteiger partial charge in [-0.15, -0.1) is 0 Å². The lowest BCUT2D eigenvalue weighted by atomic mass is 10.1. The highest BCUT2D eigenvalue weighted by molar-refractivity contribution is 6.31. The molecule has 1 aliphatic heterocycles. The minimum atomic E-state index is -0.690. The molecule has 0 atom stereocenters. The molecule has 1 N–H and O–H groups in total. The number of furan rings is 1. The number of anilines is 1. The zero-order valence-electron chi connectivity index (χ0n) is 20.0. The van der Waals surface area contributed by atoms with Crippen LogP contribution in [0.5, 0.6) is 0 Å². The zero-order chi connectivity index (χ0) is 25.1. The predicted molar refractivity (Wildman–Crippen MR) is 134 cm³/mol. The predicted octanol–water partition coefficient (Wildman–Crippen LogP) is 3.95. The number of amides is 2. The Morgan fingerprint density at radius 3 is 2.40 bits per heavy atom. The van der Waals surface area contributed by atoms with Crippen molar-refractivity contribution in [2.45, 2.75) is 20.8 Å². The van der Waals surface area contributed by atoms with Crippen LogP contribution in [0.1, 0.15) is 27.2 Å². The average Bonchev–Trinajstić information content (AvgIpc) is 3.16. The summed E-state index contributed by atoms with van der Waals surface area (Å²) in [7, 11) is 0. The van der Waals surface area contributed by atoms with Crippen LogP contribution >= 0.6 is 11.6 Å². The molecule has 184 valence electrons. The summed E-state index contributed by atoms with van der Waals surface area (Å²) in [5, 5.41) is 4.26. The van der Waals surface area contributed by atoms with Gasteiger partial charge in [0.05, 0.1) is 6.54 Å². The van der Waals surface area contributed by atoms with Crippen LogP contribution in [0.2, 0.25) is 5.02 Å². The van der Waals surface area contributed by atoms with Gasteiger partial charge in [-0.3, -0.25) is 14.5 Å². The van der Waals surface area contributed by atoms with Crippen LogP contribution in [0.25, 0.3) is 11.0 Å². The van der Waals surface area contributed by atoms with Crippen LogP contribution in [-0.4, -0.2) is 66.9 Å². The number of hydrogen-bond acceptors (Lipinski definition) is 6. The number of nitrogens with one attached hydrogen (secondary N) is 1. The van der Waals surface area contributed by atoms with E-state index in [0.717, 1.165) is 22.2 Å². The third-order valence-electron chi connectivity index (χ3n) is 6.25. The number of rotatable bonds is 6. The molecule has 0 spiro atoms. The molecule has 1 saturated heterocycles. The Bertz CT molecular complexity index is 1260. The Morgan fingerprint density at radius 2 is 1.71 bits per heavy atom. The van der Waals surface area contributed by atoms with Gasteiger partial charge in [-0.1, -0.05) is 29.8 Å². The van der Waals surface area contributed by atoms with Crippen molar-refractivity contribution >= 4 is 46.0 Å². The molecule has 8 nitrogen and oxygen atoms in total. The van der Waals surface area contributed by atoms with Gasteiger partial charge in [0.2, 0.25) is 11.7 Å². The maximum absolute atomic E-state index is 12.6. The first-order valence-corrected chi connectivity index (χ1v) is 11.8. The van der Waals surface area contributed by atoms with E-state index in [1.54, 1.807) is 30.0 Å². The number of esters is 1. The molecule has 0 saturated carbocycles. The van der Waals surface area contributed by atoms with Gasteiger partial charge in [-0.25, -0.2) is 4.79 Å². The van der Waals surface area contributed by atoms with Crippen LogP contribution in [0.3, 0.4) is 0 Å². The number of aryl methyl sites for hydroxylation is 3. The molecular weight excluding hydrogens is 470 g/mol. The summed E-state index contributed by atoms with van der Waals surface area (Å²) in [5.41, 5.74) is 4.03. The molecule has 0 bridgehead atoms. The molecule has 2 amide bonds. The van der Waals surface area contributed by atoms with E-state index in [-0.39, 0.29) is 30.7 Å². The first-order chi connectivity index (χ1) is 16.7. The molecule has 0 radical (unpaired) electrons. The van der Waals surface area contributed by atoms with Crippen LogP contribution in [0.15, 0.2) is 40.8 Å². The first-order valence-electron chi connectivity index (χ1n) is 11.4. The Balaban J connectivity index is 1.24. The molecule has 3 aromatic rings. The van der Waals surface area contributed by atoms with E-state index in [9.17, 15) is 14.4 Å². The molecule has 1 aromatic heterocycles. The normalized spacial score (nSPS) is 14.2. The second-order valence-electron chi connectivity index (χ2n) is 8.74. The van der Waals surface area contributed by atoms with Gasteiger partial charge < -0.3 is 19.4 Å². The van der Waals surface area contributed by atoms with E-state index in [4.69, 9.17) is 20.8 Å². The van der Waals surface area contributed by atoms with Crippen LogP contribution in [-0.2, 0) is 14.3 Å². The number of hydrogen-bond donors (Lipinski definition) is 1. The van der Waals surface area contributed by atoms with Gasteiger partial charge in [0, 0.05) is 47.8 Å². The lowest BCUT2D eigenvalue weighted by Crippen LogP contribution is -2.51. The highest BCUT2D eigenvalue weighted by Crippen LogP contribution is 2.28. The summed E-state index contributed by atoms with van der Waals surface area (Å²) < 4.78 is 10.8. The van der Waals surface area contributed by atoms with Gasteiger partial charge in [-0.05, 0) is 50.1 Å². The van der Waals surface area contributed by atoms with Crippen molar-refractivity contribution in [3.8, 4) is 0 Å². The topological polar surface area (TPSA) is 92.1 Å². The van der Waals surface area contributed by atoms with Crippen LogP contribution in [0.4, 0.5) is 5.69 Å². The van der Waals surface area contributed by atoms with E-state index in [1.807, 2.05) is 36.9 Å². The summed E-state index contributed by atoms with van der Waals surface area (Å²) >= 11 is 6.02. The monoisotopic (exact) mass is 497 g/mol. The van der Waals surface area contributed by atoms with Gasteiger partial charge in [0.15, 0.2) is 6.61 Å². The zero-order valence-corrected chi connectivity index (χ0v) is 20.8. The maximum Gasteiger partial charge on any atom is 0.375 e. The van der Waals surface area contributed by atoms with E-state index >= 15 is 0 Å². The SMILES string of the molecule is Cc1cccc(C)c1NC(=O)CN1CCN(C(=O)COC(=O)c2oc3ccc(Cl)cc3c2C)CC1. The number of fused-ring (bicyclic) bond motifs is 1. The standard InChI is InChI=1S/C26H28ClN3O5/c1-16-5-4-6-17(2)24(16)28-22(31)14-29-9-11-30(12-10-29)23(32)15-34-26(33)25-18(3)20-13-19(27)7-8-21(20)35-25/h4-8,13H,9-12,14-15H2,1-3H3,(H,28,31). The van der Waals surface area contributed by atoms with Crippen molar-refractivity contribution in [1.29, 1.82) is 0 Å². The van der Waals surface area contributed by atoms with Crippen molar-refractivity contribution < 1.29 is 23.5 Å². The van der Waals surface area contributed by atoms with Crippen LogP contribution < -0.4 is 5.32 Å². The van der Waals surface area contributed by atoms with E-state index in [1.165, 1.54) is 0 Å². The Hall–Kier alpha value is -3.36. The highest BCUT2D eigenvalue weighted by Gasteiger charge is 2.25. The smallest absolute Gasteiger partial charge is 0.375 e. The van der Waals surface area contributed by atoms with Crippen molar-refractivity contribution in [3.05, 3.63) is 63.9 Å². The highest BCUT2D eigenvalue weighted by atomic mass is 35.5. The number of carbonyl (C=O) groups excluding carboxylic acids is 3. The van der Waals surface area contributed by atoms with Gasteiger partial charge >= 0.3 is 5.97 Å². The molecule has 0 unspecified atom stereocenters. The third kappa shape index (κ3) is 5.66. The van der Waals surface area contributed by atoms with Crippen molar-refractivity contribution in [1.82, 2.24) is 9.80 Å². The molecule has 2 aromatic carbocycles. The third-order valence-corrected chi connectivity index (χ3v) is 6.48. The molecule has 2 heterocycles. The summed E-state index contributed by atoms with van der Waals surface area (Å²) in [5.74, 6) is -0.992. The number of para-hydroxylation sites is 1. The van der Waals surface area contributed by atoms with Gasteiger partial charge in [-0.2, -0.15) is 0 Å². The molecule has 35 heavy (non-hydrogen) atoms. The maximum atomic E-state index is 12.6. The Labute approximate surface area is 208 Å². The van der Waals surface area contributed by atoms with E-state index in [0.29, 0.717) is 42.3 Å². The minimum absolute atomic E-state index is 0.0646. The van der Waals surface area contributed by atoms with Crippen LogP contribution in [0, 0.1) is 20.8 Å². The van der Waals surface area contributed by atoms with Crippen molar-refractivity contribution in [3.63, 3.8) is 0 Å². The number of carbonyl (C=O) groups is 3. The largest absolute Gasteiger partial charge is 0.450 e. The molecular formula is C26H28ClN3O5. The van der Waals surface area contributed by atoms with Crippen molar-refractivity contribution in [2.24, 2.45) is 0 Å². The quantitative estimate of drug-likeness (QED) is 0.518. The van der Waals surface area contributed by atoms with E-state index < -0.39 is 5.97 Å². The molecule has 1 aliphatic rings. The summed E-state index contributed by atoms with van der Waals surface area (Å²) in [6.07, 6.45) is 0. The summed E-state index contributed by atoms with van der Waals surface area (Å²) in [4.78, 5) is 41.2. The van der Waals surface area contributed by atoms with E-state index in [2.05, 4.69) is 5.32 Å². The second-order valence-corrected chi connectivity index (χ2v) is 9.18. The Kier molecular flexibility index (Phi) is 7.42. The lowest BCUT2D eigenvalue weighted by Gasteiger charge is -2.34. The summed E-state index contributed by atoms with van der Waals surface area (Å²) in [6, 6.07) is 11.0. The number of benzene rings is 2. The number of nitrogens with zero attached hydrogens (tertiary/aromatic N) is 2. The fraction of sp³-hybridized carbons (Fsp3) is 0.346. The van der Waals surface area contributed by atoms with Gasteiger partial charge in [0.1, 0.15) is 5.58 Å². The average molecular weight is 498 g/mol. The fourth-order valence-electron chi connectivity index (χ4n) is 4.22. The fourth-order valence-corrected chi connectivity index (χ4v) is 4.39.